The van der Waals surface area contributed by atoms with Crippen molar-refractivity contribution in [1.29, 1.82) is 0 Å². The number of benzene rings is 1. The Hall–Kier alpha value is -1.85. The maximum Gasteiger partial charge on any atom is 0.117 e. The van der Waals surface area contributed by atoms with Gasteiger partial charge in [0.25, 0.3) is 0 Å². The molecule has 0 radical (unpaired) electrons. The maximum absolute atomic E-state index is 5.03. The second-order valence-electron chi connectivity index (χ2n) is 4.35. The van der Waals surface area contributed by atoms with Gasteiger partial charge in [0.2, 0.25) is 0 Å². The number of thioether (sulfide) groups is 1. The molecule has 0 atom stereocenters. The van der Waals surface area contributed by atoms with Gasteiger partial charge in [-0.15, -0.1) is 11.8 Å². The van der Waals surface area contributed by atoms with Crippen LogP contribution in [0.3, 0.4) is 0 Å². The van der Waals surface area contributed by atoms with Crippen LogP contribution < -0.4 is 5.32 Å². The Morgan fingerprint density at radius 2 is 2.10 bits per heavy atom. The van der Waals surface area contributed by atoms with Crippen LogP contribution in [0.5, 0.6) is 0 Å². The summed E-state index contributed by atoms with van der Waals surface area (Å²) in [5.41, 5.74) is 2.17. The maximum atomic E-state index is 5.03. The fraction of sp³-hybridized carbons (Fsp3) is 0.200. The molecule has 0 amide bonds. The number of nitrogens with zero attached hydrogens (tertiary/aromatic N) is 2. The average molecular weight is 285 g/mol. The van der Waals surface area contributed by atoms with E-state index in [1.54, 1.807) is 30.6 Å². The molecule has 0 bridgehead atoms. The lowest BCUT2D eigenvalue weighted by atomic mass is 10.2. The molecule has 2 heterocycles. The first-order valence-corrected chi connectivity index (χ1v) is 7.46. The lowest BCUT2D eigenvalue weighted by molar-refractivity contribution is 0.561. The van der Waals surface area contributed by atoms with E-state index in [1.165, 1.54) is 5.56 Å². The first-order valence-electron chi connectivity index (χ1n) is 6.48. The quantitative estimate of drug-likeness (QED) is 0.428. The van der Waals surface area contributed by atoms with Crippen molar-refractivity contribution in [2.24, 2.45) is 0 Å². The molecule has 20 heavy (non-hydrogen) atoms. The van der Waals surface area contributed by atoms with E-state index in [1.807, 2.05) is 24.3 Å². The molecular formula is C15H15N3OS. The van der Waals surface area contributed by atoms with Gasteiger partial charge in [-0.05, 0) is 12.1 Å². The van der Waals surface area contributed by atoms with Crippen LogP contribution in [0.4, 0.5) is 0 Å². The van der Waals surface area contributed by atoms with Gasteiger partial charge in [-0.2, -0.15) is 0 Å². The lowest BCUT2D eigenvalue weighted by Crippen LogP contribution is -2.16. The van der Waals surface area contributed by atoms with Crippen LogP contribution in [0.2, 0.25) is 0 Å². The summed E-state index contributed by atoms with van der Waals surface area (Å²) < 4.78 is 5.03. The van der Waals surface area contributed by atoms with Gasteiger partial charge in [0, 0.05) is 29.8 Å². The topological polar surface area (TPSA) is 51.0 Å². The third kappa shape index (κ3) is 3.18. The molecule has 2 aromatic heterocycles. The minimum Gasteiger partial charge on any atom is -0.472 e. The van der Waals surface area contributed by atoms with Crippen molar-refractivity contribution < 1.29 is 4.42 Å². The summed E-state index contributed by atoms with van der Waals surface area (Å²) in [4.78, 5) is 8.63. The number of furan rings is 1. The molecule has 0 aliphatic heterocycles. The number of para-hydroxylation sites is 1. The molecule has 0 saturated heterocycles. The summed E-state index contributed by atoms with van der Waals surface area (Å²) in [5.74, 6) is 0.971. The van der Waals surface area contributed by atoms with Gasteiger partial charge in [0.05, 0.1) is 18.0 Å². The van der Waals surface area contributed by atoms with Gasteiger partial charge in [-0.25, -0.2) is 9.97 Å². The second kappa shape index (κ2) is 6.54. The minimum absolute atomic E-state index is 0.835. The van der Waals surface area contributed by atoms with Gasteiger partial charge in [0.15, 0.2) is 0 Å². The van der Waals surface area contributed by atoms with Crippen molar-refractivity contribution in [3.8, 4) is 0 Å². The zero-order valence-electron chi connectivity index (χ0n) is 11.0. The Kier molecular flexibility index (Phi) is 4.30. The van der Waals surface area contributed by atoms with E-state index in [0.717, 1.165) is 34.8 Å². The van der Waals surface area contributed by atoms with Crippen molar-refractivity contribution in [3.05, 3.63) is 54.7 Å². The number of hydrogen-bond acceptors (Lipinski definition) is 5. The standard InChI is InChI=1S/C15H15N3OS/c1-2-4-14-13(3-1)15(18-11-17-14)20-8-6-16-9-12-5-7-19-10-12/h1-5,7,10-11,16H,6,8-9H2. The smallest absolute Gasteiger partial charge is 0.117 e. The van der Waals surface area contributed by atoms with E-state index in [4.69, 9.17) is 4.42 Å². The molecule has 0 aliphatic carbocycles. The monoisotopic (exact) mass is 285 g/mol. The highest BCUT2D eigenvalue weighted by Crippen LogP contribution is 2.23. The Labute approximate surface area is 121 Å². The number of rotatable bonds is 6. The van der Waals surface area contributed by atoms with Crippen molar-refractivity contribution in [2.75, 3.05) is 12.3 Å². The number of hydrogen-bond donors (Lipinski definition) is 1. The van der Waals surface area contributed by atoms with Crippen LogP contribution in [-0.4, -0.2) is 22.3 Å². The fourth-order valence-electron chi connectivity index (χ4n) is 1.94. The molecule has 3 aromatic rings. The van der Waals surface area contributed by atoms with Gasteiger partial charge in [-0.1, -0.05) is 18.2 Å². The van der Waals surface area contributed by atoms with Crippen LogP contribution in [-0.2, 0) is 6.54 Å². The Bertz CT molecular complexity index is 664. The summed E-state index contributed by atoms with van der Waals surface area (Å²) in [6.07, 6.45) is 5.08. The van der Waals surface area contributed by atoms with Gasteiger partial charge >= 0.3 is 0 Å². The molecule has 3 rings (SSSR count). The molecule has 4 nitrogen and oxygen atoms in total. The van der Waals surface area contributed by atoms with Crippen LogP contribution in [0, 0.1) is 0 Å². The normalized spacial score (nSPS) is 11.0. The van der Waals surface area contributed by atoms with Gasteiger partial charge < -0.3 is 9.73 Å². The van der Waals surface area contributed by atoms with E-state index >= 15 is 0 Å². The van der Waals surface area contributed by atoms with Crippen LogP contribution in [0.1, 0.15) is 5.56 Å². The molecule has 1 N–H and O–H groups in total. The zero-order chi connectivity index (χ0) is 13.6. The summed E-state index contributed by atoms with van der Waals surface area (Å²) >= 11 is 1.75. The Morgan fingerprint density at radius 1 is 1.15 bits per heavy atom. The van der Waals surface area contributed by atoms with Crippen LogP contribution in [0.15, 0.2) is 58.6 Å². The number of fused-ring (bicyclic) bond motifs is 1. The van der Waals surface area contributed by atoms with E-state index in [-0.39, 0.29) is 0 Å². The first-order chi connectivity index (χ1) is 9.93. The van der Waals surface area contributed by atoms with Crippen LogP contribution in [0.25, 0.3) is 10.9 Å². The van der Waals surface area contributed by atoms with E-state index in [9.17, 15) is 0 Å². The van der Waals surface area contributed by atoms with E-state index in [2.05, 4.69) is 21.4 Å². The molecule has 0 unspecified atom stereocenters. The summed E-state index contributed by atoms with van der Waals surface area (Å²) in [5, 5.41) is 5.54. The lowest BCUT2D eigenvalue weighted by Gasteiger charge is -2.05. The third-order valence-corrected chi connectivity index (χ3v) is 3.94. The van der Waals surface area contributed by atoms with Gasteiger partial charge in [-0.3, -0.25) is 0 Å². The second-order valence-corrected chi connectivity index (χ2v) is 5.44. The molecule has 1 aromatic carbocycles. The molecule has 5 heteroatoms. The predicted octanol–water partition coefficient (Wildman–Crippen LogP) is 3.10. The molecule has 102 valence electrons. The molecular weight excluding hydrogens is 270 g/mol. The van der Waals surface area contributed by atoms with Crippen molar-refractivity contribution in [3.63, 3.8) is 0 Å². The average Bonchev–Trinajstić information content (AvgIpc) is 3.00. The van der Waals surface area contributed by atoms with Crippen molar-refractivity contribution >= 4 is 22.7 Å². The fourth-order valence-corrected chi connectivity index (χ4v) is 2.83. The Morgan fingerprint density at radius 3 is 3.00 bits per heavy atom. The zero-order valence-corrected chi connectivity index (χ0v) is 11.8. The highest BCUT2D eigenvalue weighted by Gasteiger charge is 2.03. The van der Waals surface area contributed by atoms with Crippen LogP contribution >= 0.6 is 11.8 Å². The Balaban J connectivity index is 1.52. The number of aromatic nitrogens is 2. The highest BCUT2D eigenvalue weighted by molar-refractivity contribution is 7.99. The first kappa shape index (κ1) is 13.1. The molecule has 0 spiro atoms. The summed E-state index contributed by atoms with van der Waals surface area (Å²) in [6.45, 7) is 1.76. The summed E-state index contributed by atoms with van der Waals surface area (Å²) in [6, 6.07) is 10.1. The number of nitrogens with one attached hydrogen (secondary N) is 1. The van der Waals surface area contributed by atoms with E-state index in [0.29, 0.717) is 0 Å². The largest absolute Gasteiger partial charge is 0.472 e. The van der Waals surface area contributed by atoms with Gasteiger partial charge in [0.1, 0.15) is 11.4 Å². The summed E-state index contributed by atoms with van der Waals surface area (Å²) in [7, 11) is 0. The third-order valence-electron chi connectivity index (χ3n) is 2.93. The minimum atomic E-state index is 0.835. The predicted molar refractivity (Wildman–Crippen MR) is 80.7 cm³/mol. The molecule has 0 fully saturated rings. The molecule has 0 saturated carbocycles. The SMILES string of the molecule is c1ccc2c(SCCNCc3ccoc3)ncnc2c1. The van der Waals surface area contributed by atoms with Crippen molar-refractivity contribution in [1.82, 2.24) is 15.3 Å². The molecule has 0 aliphatic rings. The van der Waals surface area contributed by atoms with E-state index < -0.39 is 0 Å². The highest BCUT2D eigenvalue weighted by atomic mass is 32.2. The van der Waals surface area contributed by atoms with Crippen molar-refractivity contribution in [2.45, 2.75) is 11.6 Å².